The van der Waals surface area contributed by atoms with Gasteiger partial charge in [-0.2, -0.15) is 0 Å². The van der Waals surface area contributed by atoms with Gasteiger partial charge in [-0.3, -0.25) is 4.79 Å². The molecule has 2 atom stereocenters. The van der Waals surface area contributed by atoms with Gasteiger partial charge in [-0.15, -0.1) is 0 Å². The molecule has 0 saturated heterocycles. The van der Waals surface area contributed by atoms with Crippen molar-refractivity contribution in [2.24, 2.45) is 5.92 Å². The molecule has 3 heteroatoms. The normalized spacial score (nSPS) is 20.1. The fraction of sp³-hybridized carbons (Fsp3) is 0.278. The summed E-state index contributed by atoms with van der Waals surface area (Å²) in [4.78, 5) is 12.1. The number of amides is 1. The van der Waals surface area contributed by atoms with Crippen molar-refractivity contribution < 1.29 is 9.18 Å². The smallest absolute Gasteiger partial charge is 0.224 e. The maximum Gasteiger partial charge on any atom is 0.224 e. The standard InChI is InChI=1S/C18H18FNO/c1-12-5-4-6-13(9-12)11-20-18(21)16-10-15(16)14-7-2-3-8-17(14)19/h2-9,15-16H,10-11H2,1H3,(H,20,21). The molecule has 0 radical (unpaired) electrons. The van der Waals surface area contributed by atoms with Gasteiger partial charge in [0.05, 0.1) is 0 Å². The monoisotopic (exact) mass is 283 g/mol. The lowest BCUT2D eigenvalue weighted by atomic mass is 10.1. The van der Waals surface area contributed by atoms with Crippen molar-refractivity contribution in [3.05, 3.63) is 71.0 Å². The first kappa shape index (κ1) is 13.8. The number of carbonyl (C=O) groups excluding carboxylic acids is 1. The van der Waals surface area contributed by atoms with Crippen molar-refractivity contribution >= 4 is 5.91 Å². The molecule has 21 heavy (non-hydrogen) atoms. The van der Waals surface area contributed by atoms with Gasteiger partial charge in [-0.05, 0) is 36.5 Å². The molecule has 2 nitrogen and oxygen atoms in total. The number of rotatable bonds is 4. The maximum absolute atomic E-state index is 13.7. The highest BCUT2D eigenvalue weighted by molar-refractivity contribution is 5.82. The van der Waals surface area contributed by atoms with Crippen LogP contribution in [0, 0.1) is 18.7 Å². The Bertz CT molecular complexity index is 668. The van der Waals surface area contributed by atoms with Crippen LogP contribution in [0.25, 0.3) is 0 Å². The summed E-state index contributed by atoms with van der Waals surface area (Å²) in [6.07, 6.45) is 0.737. The van der Waals surface area contributed by atoms with Gasteiger partial charge in [-0.25, -0.2) is 4.39 Å². The van der Waals surface area contributed by atoms with E-state index >= 15 is 0 Å². The van der Waals surface area contributed by atoms with Gasteiger partial charge in [0.1, 0.15) is 5.82 Å². The van der Waals surface area contributed by atoms with Crippen LogP contribution in [0.3, 0.4) is 0 Å². The van der Waals surface area contributed by atoms with Crippen LogP contribution in [0.4, 0.5) is 4.39 Å². The Morgan fingerprint density at radius 2 is 2.05 bits per heavy atom. The van der Waals surface area contributed by atoms with Crippen molar-refractivity contribution in [3.63, 3.8) is 0 Å². The highest BCUT2D eigenvalue weighted by atomic mass is 19.1. The highest BCUT2D eigenvalue weighted by Gasteiger charge is 2.44. The lowest BCUT2D eigenvalue weighted by Crippen LogP contribution is -2.24. The minimum atomic E-state index is -0.212. The average Bonchev–Trinajstić information content (AvgIpc) is 3.26. The first-order valence-electron chi connectivity index (χ1n) is 7.23. The fourth-order valence-corrected chi connectivity index (χ4v) is 2.75. The van der Waals surface area contributed by atoms with E-state index in [4.69, 9.17) is 0 Å². The van der Waals surface area contributed by atoms with Crippen molar-refractivity contribution in [3.8, 4) is 0 Å². The largest absolute Gasteiger partial charge is 0.352 e. The molecule has 0 bridgehead atoms. The number of benzene rings is 2. The second-order valence-corrected chi connectivity index (χ2v) is 5.68. The van der Waals surface area contributed by atoms with E-state index in [1.54, 1.807) is 12.1 Å². The first-order valence-corrected chi connectivity index (χ1v) is 7.23. The van der Waals surface area contributed by atoms with Crippen LogP contribution in [0.1, 0.15) is 29.0 Å². The van der Waals surface area contributed by atoms with Gasteiger partial charge >= 0.3 is 0 Å². The predicted molar refractivity (Wildman–Crippen MR) is 80.3 cm³/mol. The van der Waals surface area contributed by atoms with Crippen molar-refractivity contribution in [1.29, 1.82) is 0 Å². The molecule has 1 saturated carbocycles. The molecule has 2 aromatic rings. The van der Waals surface area contributed by atoms with Gasteiger partial charge < -0.3 is 5.32 Å². The Kier molecular flexibility index (Phi) is 3.74. The summed E-state index contributed by atoms with van der Waals surface area (Å²) in [7, 11) is 0. The van der Waals surface area contributed by atoms with Crippen LogP contribution in [-0.4, -0.2) is 5.91 Å². The molecule has 1 N–H and O–H groups in total. The van der Waals surface area contributed by atoms with Gasteiger partial charge in [0, 0.05) is 12.5 Å². The Hall–Kier alpha value is -2.16. The number of nitrogens with one attached hydrogen (secondary N) is 1. The minimum absolute atomic E-state index is 0.0183. The van der Waals surface area contributed by atoms with Gasteiger partial charge in [0.15, 0.2) is 0 Å². The molecule has 0 aromatic heterocycles. The molecule has 2 unspecified atom stereocenters. The first-order chi connectivity index (χ1) is 10.1. The molecule has 1 aliphatic rings. The van der Waals surface area contributed by atoms with Gasteiger partial charge in [-0.1, -0.05) is 48.0 Å². The zero-order chi connectivity index (χ0) is 14.8. The van der Waals surface area contributed by atoms with Crippen LogP contribution in [0.5, 0.6) is 0 Å². The van der Waals surface area contributed by atoms with Crippen molar-refractivity contribution in [2.45, 2.75) is 25.8 Å². The van der Waals surface area contributed by atoms with Crippen LogP contribution in [-0.2, 0) is 11.3 Å². The molecular weight excluding hydrogens is 265 g/mol. The lowest BCUT2D eigenvalue weighted by Gasteiger charge is -2.06. The maximum atomic E-state index is 13.7. The summed E-state index contributed by atoms with van der Waals surface area (Å²) in [5.74, 6) is -0.253. The second-order valence-electron chi connectivity index (χ2n) is 5.68. The third kappa shape index (κ3) is 3.13. The number of halogens is 1. The second kappa shape index (κ2) is 5.68. The molecule has 0 spiro atoms. The van der Waals surface area contributed by atoms with E-state index in [0.29, 0.717) is 12.1 Å². The quantitative estimate of drug-likeness (QED) is 0.913. The lowest BCUT2D eigenvalue weighted by molar-refractivity contribution is -0.122. The number of hydrogen-bond acceptors (Lipinski definition) is 1. The average molecular weight is 283 g/mol. The SMILES string of the molecule is Cc1cccc(CNC(=O)C2CC2c2ccccc2F)c1. The van der Waals surface area contributed by atoms with Gasteiger partial charge in [0.25, 0.3) is 0 Å². The minimum Gasteiger partial charge on any atom is -0.352 e. The summed E-state index contributed by atoms with van der Waals surface area (Å²) in [5.41, 5.74) is 2.93. The Morgan fingerprint density at radius 1 is 1.24 bits per heavy atom. The summed E-state index contributed by atoms with van der Waals surface area (Å²) in [6.45, 7) is 2.56. The molecular formula is C18H18FNO. The summed E-state index contributed by atoms with van der Waals surface area (Å²) in [5, 5.41) is 2.95. The number of carbonyl (C=O) groups is 1. The van der Waals surface area contributed by atoms with E-state index in [0.717, 1.165) is 12.0 Å². The van der Waals surface area contributed by atoms with E-state index in [-0.39, 0.29) is 23.6 Å². The molecule has 108 valence electrons. The summed E-state index contributed by atoms with van der Waals surface area (Å²) in [6, 6.07) is 14.8. The third-order valence-electron chi connectivity index (χ3n) is 3.98. The molecule has 3 rings (SSSR count). The van der Waals surface area contributed by atoms with E-state index in [9.17, 15) is 9.18 Å². The molecule has 0 aliphatic heterocycles. The topological polar surface area (TPSA) is 29.1 Å². The summed E-state index contributed by atoms with van der Waals surface area (Å²) < 4.78 is 13.7. The van der Waals surface area contributed by atoms with E-state index in [2.05, 4.69) is 11.4 Å². The molecule has 1 amide bonds. The van der Waals surface area contributed by atoms with Crippen LogP contribution < -0.4 is 5.32 Å². The zero-order valence-electron chi connectivity index (χ0n) is 12.0. The Balaban J connectivity index is 1.57. The van der Waals surface area contributed by atoms with Crippen LogP contribution in [0.2, 0.25) is 0 Å². The molecule has 1 aliphatic carbocycles. The number of aryl methyl sites for hydroxylation is 1. The van der Waals surface area contributed by atoms with Gasteiger partial charge in [0.2, 0.25) is 5.91 Å². The van der Waals surface area contributed by atoms with E-state index in [1.807, 2.05) is 31.2 Å². The number of hydrogen-bond donors (Lipinski definition) is 1. The van der Waals surface area contributed by atoms with E-state index in [1.165, 1.54) is 11.6 Å². The fourth-order valence-electron chi connectivity index (χ4n) is 2.75. The summed E-state index contributed by atoms with van der Waals surface area (Å²) >= 11 is 0. The Labute approximate surface area is 124 Å². The third-order valence-corrected chi connectivity index (χ3v) is 3.98. The molecule has 1 fully saturated rings. The van der Waals surface area contributed by atoms with Crippen molar-refractivity contribution in [1.82, 2.24) is 5.32 Å². The van der Waals surface area contributed by atoms with E-state index < -0.39 is 0 Å². The Morgan fingerprint density at radius 3 is 2.81 bits per heavy atom. The highest BCUT2D eigenvalue weighted by Crippen LogP contribution is 2.48. The zero-order valence-corrected chi connectivity index (χ0v) is 12.0. The van der Waals surface area contributed by atoms with Crippen LogP contribution >= 0.6 is 0 Å². The molecule has 0 heterocycles. The van der Waals surface area contributed by atoms with Crippen molar-refractivity contribution in [2.75, 3.05) is 0 Å². The molecule has 2 aromatic carbocycles. The predicted octanol–water partition coefficient (Wildman–Crippen LogP) is 3.55. The van der Waals surface area contributed by atoms with Crippen LogP contribution in [0.15, 0.2) is 48.5 Å².